The Morgan fingerprint density at radius 2 is 2.08 bits per heavy atom. The summed E-state index contributed by atoms with van der Waals surface area (Å²) in [5.74, 6) is -0.676. The van der Waals surface area contributed by atoms with Crippen LogP contribution in [-0.4, -0.2) is 68.0 Å². The summed E-state index contributed by atoms with van der Waals surface area (Å²) in [6, 6.07) is -0.448. The fourth-order valence-corrected chi connectivity index (χ4v) is 2.77. The molecular weight excluding hydrogens is 312 g/mol. The van der Waals surface area contributed by atoms with Crippen LogP contribution in [-0.2, 0) is 4.79 Å². The zero-order valence-electron chi connectivity index (χ0n) is 13.9. The van der Waals surface area contributed by atoms with E-state index in [-0.39, 0.29) is 11.7 Å². The van der Waals surface area contributed by atoms with Gasteiger partial charge in [0.15, 0.2) is 5.96 Å². The lowest BCUT2D eigenvalue weighted by Crippen LogP contribution is -2.70. The summed E-state index contributed by atoms with van der Waals surface area (Å²) < 4.78 is 0. The van der Waals surface area contributed by atoms with Gasteiger partial charge in [-0.2, -0.15) is 4.99 Å². The van der Waals surface area contributed by atoms with Gasteiger partial charge < -0.3 is 22.1 Å². The third kappa shape index (κ3) is 4.20. The molecule has 1 fully saturated rings. The first kappa shape index (κ1) is 18.1. The second kappa shape index (κ2) is 8.60. The number of nitrogens with one attached hydrogen (secondary N) is 3. The van der Waals surface area contributed by atoms with Crippen LogP contribution in [0.25, 0.3) is 0 Å². The zero-order chi connectivity index (χ0) is 17.5. The van der Waals surface area contributed by atoms with Crippen molar-refractivity contribution in [3.05, 3.63) is 0 Å². The highest BCUT2D eigenvalue weighted by atomic mass is 16.2. The molecule has 0 aromatic heterocycles. The molecule has 2 aliphatic heterocycles. The largest absolute Gasteiger partial charge is 0.386 e. The van der Waals surface area contributed by atoms with E-state index in [1.54, 1.807) is 7.05 Å². The van der Waals surface area contributed by atoms with Crippen LogP contribution >= 0.6 is 0 Å². The molecule has 7 N–H and O–H groups in total. The molecule has 134 valence electrons. The number of nitrogens with zero attached hydrogens (tertiary/aromatic N) is 3. The van der Waals surface area contributed by atoms with E-state index in [0.29, 0.717) is 25.6 Å². The van der Waals surface area contributed by atoms with Crippen LogP contribution < -0.4 is 27.4 Å². The number of hydrogen-bond acceptors (Lipinski definition) is 6. The number of hydrogen-bond donors (Lipinski definition) is 5. The van der Waals surface area contributed by atoms with Gasteiger partial charge >= 0.3 is 6.03 Å². The number of unbranched alkanes of at least 4 members (excludes halogenated alkanes) is 2. The molecule has 0 aromatic carbocycles. The van der Waals surface area contributed by atoms with E-state index in [1.807, 2.05) is 0 Å². The third-order valence-electron chi connectivity index (χ3n) is 4.06. The molecule has 3 amide bonds. The van der Waals surface area contributed by atoms with Crippen LogP contribution in [0.4, 0.5) is 4.79 Å². The molecule has 0 saturated carbocycles. The fourth-order valence-electron chi connectivity index (χ4n) is 2.77. The number of rotatable bonds is 8. The van der Waals surface area contributed by atoms with E-state index in [4.69, 9.17) is 11.5 Å². The Morgan fingerprint density at radius 1 is 1.29 bits per heavy atom. The molecule has 1 unspecified atom stereocenters. The van der Waals surface area contributed by atoms with E-state index in [9.17, 15) is 9.59 Å². The van der Waals surface area contributed by atoms with Gasteiger partial charge in [0.2, 0.25) is 5.91 Å². The Bertz CT molecular complexity index is 533. The highest BCUT2D eigenvalue weighted by molar-refractivity contribution is 6.14. The molecule has 0 radical (unpaired) electrons. The number of carbonyl (C=O) groups excluding carboxylic acids is 2. The van der Waals surface area contributed by atoms with Gasteiger partial charge in [-0.25, -0.2) is 4.79 Å². The van der Waals surface area contributed by atoms with Gasteiger partial charge in [-0.1, -0.05) is 6.42 Å². The molecule has 2 atom stereocenters. The summed E-state index contributed by atoms with van der Waals surface area (Å²) in [5.41, 5.74) is 11.2. The lowest BCUT2D eigenvalue weighted by molar-refractivity contribution is -0.124. The topological polar surface area (TPSA) is 150 Å². The smallest absolute Gasteiger partial charge is 0.346 e. The first-order chi connectivity index (χ1) is 11.6. The monoisotopic (exact) mass is 338 g/mol. The molecule has 2 rings (SSSR count). The minimum atomic E-state index is -0.710. The lowest BCUT2D eigenvalue weighted by atomic mass is 9.99. The van der Waals surface area contributed by atoms with Crippen molar-refractivity contribution in [2.24, 2.45) is 27.4 Å². The quantitative estimate of drug-likeness (QED) is 0.328. The summed E-state index contributed by atoms with van der Waals surface area (Å²) >= 11 is 0. The van der Waals surface area contributed by atoms with Gasteiger partial charge in [0, 0.05) is 20.1 Å². The van der Waals surface area contributed by atoms with Crippen molar-refractivity contribution in [1.29, 1.82) is 0 Å². The molecule has 1 saturated heterocycles. The number of guanidine groups is 1. The Hall–Kier alpha value is -2.20. The predicted molar refractivity (Wildman–Crippen MR) is 91.4 cm³/mol. The van der Waals surface area contributed by atoms with Gasteiger partial charge in [0.05, 0.1) is 0 Å². The number of amidine groups is 1. The lowest BCUT2D eigenvalue weighted by Gasteiger charge is -2.41. The van der Waals surface area contributed by atoms with Crippen LogP contribution in [0.15, 0.2) is 9.98 Å². The van der Waals surface area contributed by atoms with Crippen molar-refractivity contribution in [2.75, 3.05) is 33.2 Å². The summed E-state index contributed by atoms with van der Waals surface area (Å²) in [7, 11) is 1.55. The minimum absolute atomic E-state index is 0.0242. The molecular formula is C14H26N8O2. The van der Waals surface area contributed by atoms with E-state index in [1.165, 1.54) is 4.90 Å². The van der Waals surface area contributed by atoms with Crippen LogP contribution in [0.3, 0.4) is 0 Å². The molecule has 10 heteroatoms. The standard InChI is InChI=1S/C14H26N8O2/c1-17-13-20-11-9(12(23)21-13)10(16)19-14(24)22(11)8-7-18-6-4-2-3-5-15/h9,11,18H,2-8,15H2,1H3,(H2,16,19,24)(H2,17,20,21,23)/t9?,11-/m1/s1. The molecule has 10 nitrogen and oxygen atoms in total. The van der Waals surface area contributed by atoms with Gasteiger partial charge in [0.25, 0.3) is 0 Å². The second-order valence-electron chi connectivity index (χ2n) is 5.74. The Balaban J connectivity index is 1.93. The number of aliphatic imine (C=N–C) groups is 2. The molecule has 24 heavy (non-hydrogen) atoms. The minimum Gasteiger partial charge on any atom is -0.386 e. The fraction of sp³-hybridized carbons (Fsp3) is 0.714. The predicted octanol–water partition coefficient (Wildman–Crippen LogP) is -1.85. The zero-order valence-corrected chi connectivity index (χ0v) is 13.9. The highest BCUT2D eigenvalue weighted by Gasteiger charge is 2.45. The third-order valence-corrected chi connectivity index (χ3v) is 4.06. The van der Waals surface area contributed by atoms with Crippen LogP contribution in [0.1, 0.15) is 19.3 Å². The van der Waals surface area contributed by atoms with E-state index in [2.05, 4.69) is 25.9 Å². The maximum Gasteiger partial charge on any atom is 0.346 e. The van der Waals surface area contributed by atoms with Gasteiger partial charge in [0.1, 0.15) is 17.9 Å². The van der Waals surface area contributed by atoms with Crippen LogP contribution in [0.5, 0.6) is 0 Å². The molecule has 0 bridgehead atoms. The van der Waals surface area contributed by atoms with Crippen molar-refractivity contribution in [3.8, 4) is 0 Å². The summed E-state index contributed by atoms with van der Waals surface area (Å²) in [6.45, 7) is 2.59. The van der Waals surface area contributed by atoms with Crippen LogP contribution in [0.2, 0.25) is 0 Å². The van der Waals surface area contributed by atoms with Crippen molar-refractivity contribution < 1.29 is 9.59 Å². The average Bonchev–Trinajstić information content (AvgIpc) is 2.55. The number of nitrogens with two attached hydrogens (primary N) is 2. The molecule has 2 aliphatic rings. The molecule has 0 spiro atoms. The number of amides is 3. The van der Waals surface area contributed by atoms with E-state index in [0.717, 1.165) is 25.8 Å². The number of fused-ring (bicyclic) bond motifs is 1. The second-order valence-corrected chi connectivity index (χ2v) is 5.74. The first-order valence-corrected chi connectivity index (χ1v) is 8.18. The van der Waals surface area contributed by atoms with Crippen molar-refractivity contribution in [1.82, 2.24) is 20.9 Å². The van der Waals surface area contributed by atoms with Gasteiger partial charge in [-0.15, -0.1) is 0 Å². The summed E-state index contributed by atoms with van der Waals surface area (Å²) in [4.78, 5) is 33.6. The number of carbonyl (C=O) groups is 2. The van der Waals surface area contributed by atoms with Crippen molar-refractivity contribution in [2.45, 2.75) is 25.4 Å². The summed E-state index contributed by atoms with van der Waals surface area (Å²) in [5, 5.41) is 8.92. The summed E-state index contributed by atoms with van der Waals surface area (Å²) in [6.07, 6.45) is 2.56. The van der Waals surface area contributed by atoms with Crippen LogP contribution in [0, 0.1) is 5.92 Å². The van der Waals surface area contributed by atoms with Crippen molar-refractivity contribution >= 4 is 23.7 Å². The molecule has 0 aliphatic carbocycles. The Kier molecular flexibility index (Phi) is 6.50. The Labute approximate surface area is 141 Å². The maximum absolute atomic E-state index is 12.2. The van der Waals surface area contributed by atoms with Gasteiger partial charge in [-0.3, -0.25) is 20.0 Å². The SMILES string of the molecule is CN=C1NC(=O)C2C(N)=NC(=O)N(CCNCCCCCN)[C@H]2N1. The normalized spacial score (nSPS) is 25.2. The number of urea groups is 1. The van der Waals surface area contributed by atoms with Crippen molar-refractivity contribution in [3.63, 3.8) is 0 Å². The molecule has 2 heterocycles. The Morgan fingerprint density at radius 3 is 2.79 bits per heavy atom. The van der Waals surface area contributed by atoms with E-state index >= 15 is 0 Å². The first-order valence-electron chi connectivity index (χ1n) is 8.18. The highest BCUT2D eigenvalue weighted by Crippen LogP contribution is 2.19. The van der Waals surface area contributed by atoms with Gasteiger partial charge in [-0.05, 0) is 25.9 Å². The maximum atomic E-state index is 12.2. The van der Waals surface area contributed by atoms with E-state index < -0.39 is 18.1 Å². The average molecular weight is 338 g/mol. The molecule has 0 aromatic rings.